The summed E-state index contributed by atoms with van der Waals surface area (Å²) in [6, 6.07) is 25.3. The van der Waals surface area contributed by atoms with Crippen molar-refractivity contribution < 1.29 is 9.53 Å². The molecule has 0 saturated heterocycles. The van der Waals surface area contributed by atoms with E-state index in [9.17, 15) is 4.79 Å². The average Bonchev–Trinajstić information content (AvgIpc) is 2.75. The highest BCUT2D eigenvalue weighted by Crippen LogP contribution is 2.24. The lowest BCUT2D eigenvalue weighted by atomic mass is 9.98. The lowest BCUT2D eigenvalue weighted by Gasteiger charge is -2.21. The lowest BCUT2D eigenvalue weighted by Crippen LogP contribution is -2.37. The number of ether oxygens (including phenoxy) is 1. The van der Waals surface area contributed by atoms with Crippen LogP contribution in [0.5, 0.6) is 5.75 Å². The minimum absolute atomic E-state index is 0.0677. The van der Waals surface area contributed by atoms with Gasteiger partial charge in [-0.05, 0) is 47.9 Å². The van der Waals surface area contributed by atoms with E-state index in [1.807, 2.05) is 73.7 Å². The minimum Gasteiger partial charge on any atom is -0.497 e. The maximum absolute atomic E-state index is 12.5. The number of rotatable bonds is 8. The number of hydrogen-bond acceptors (Lipinski definition) is 3. The second kappa shape index (κ2) is 10.1. The van der Waals surface area contributed by atoms with E-state index in [0.29, 0.717) is 5.02 Å². The van der Waals surface area contributed by atoms with Gasteiger partial charge in [-0.25, -0.2) is 0 Å². The zero-order valence-electron chi connectivity index (χ0n) is 16.6. The largest absolute Gasteiger partial charge is 0.497 e. The van der Waals surface area contributed by atoms with Crippen LogP contribution >= 0.6 is 11.6 Å². The first-order valence-corrected chi connectivity index (χ1v) is 9.91. The summed E-state index contributed by atoms with van der Waals surface area (Å²) in [6.07, 6.45) is 0. The van der Waals surface area contributed by atoms with Gasteiger partial charge in [-0.1, -0.05) is 66.2 Å². The molecule has 0 saturated carbocycles. The fraction of sp³-hybridized carbons (Fsp3) is 0.208. The summed E-state index contributed by atoms with van der Waals surface area (Å²) >= 11 is 5.94. The third kappa shape index (κ3) is 5.83. The van der Waals surface area contributed by atoms with Gasteiger partial charge in [-0.2, -0.15) is 0 Å². The van der Waals surface area contributed by atoms with Gasteiger partial charge in [-0.15, -0.1) is 0 Å². The van der Waals surface area contributed by atoms with Crippen molar-refractivity contribution in [3.8, 4) is 5.75 Å². The molecule has 0 aromatic heterocycles. The standard InChI is InChI=1S/C24H25ClN2O2/c1-17(18-8-12-21(25)13-9-18)27-23(28)16-26-24(19-6-4-3-5-7-19)20-10-14-22(29-2)15-11-20/h3-15,17,24,26H,16H2,1-2H3,(H,27,28)/t17-,24-/m1/s1. The Hall–Kier alpha value is -2.82. The van der Waals surface area contributed by atoms with Crippen LogP contribution in [0.1, 0.15) is 35.7 Å². The highest BCUT2D eigenvalue weighted by atomic mass is 35.5. The second-order valence-corrected chi connectivity index (χ2v) is 7.27. The molecule has 0 unspecified atom stereocenters. The van der Waals surface area contributed by atoms with Crippen LogP contribution < -0.4 is 15.4 Å². The van der Waals surface area contributed by atoms with Crippen molar-refractivity contribution in [2.75, 3.05) is 13.7 Å². The molecule has 150 valence electrons. The lowest BCUT2D eigenvalue weighted by molar-refractivity contribution is -0.121. The zero-order valence-corrected chi connectivity index (χ0v) is 17.3. The van der Waals surface area contributed by atoms with Gasteiger partial charge < -0.3 is 10.1 Å². The molecule has 2 N–H and O–H groups in total. The molecule has 0 aliphatic heterocycles. The zero-order chi connectivity index (χ0) is 20.6. The number of hydrogen-bond donors (Lipinski definition) is 2. The summed E-state index contributed by atoms with van der Waals surface area (Å²) in [5.74, 6) is 0.733. The molecular formula is C24H25ClN2O2. The maximum atomic E-state index is 12.5. The molecule has 0 radical (unpaired) electrons. The SMILES string of the molecule is COc1ccc([C@H](NCC(=O)N[C@H](C)c2ccc(Cl)cc2)c2ccccc2)cc1. The van der Waals surface area contributed by atoms with Crippen LogP contribution in [-0.2, 0) is 4.79 Å². The van der Waals surface area contributed by atoms with Gasteiger partial charge in [0.1, 0.15) is 5.75 Å². The Morgan fingerprint density at radius 1 is 0.897 bits per heavy atom. The van der Waals surface area contributed by atoms with Crippen LogP contribution in [0.15, 0.2) is 78.9 Å². The normalized spacial score (nSPS) is 12.8. The number of nitrogens with one attached hydrogen (secondary N) is 2. The molecule has 0 fully saturated rings. The highest BCUT2D eigenvalue weighted by Gasteiger charge is 2.16. The first-order chi connectivity index (χ1) is 14.1. The summed E-state index contributed by atoms with van der Waals surface area (Å²) in [5.41, 5.74) is 3.17. The Labute approximate surface area is 176 Å². The predicted molar refractivity (Wildman–Crippen MR) is 117 cm³/mol. The average molecular weight is 409 g/mol. The first-order valence-electron chi connectivity index (χ1n) is 9.54. The van der Waals surface area contributed by atoms with Gasteiger partial charge in [0, 0.05) is 5.02 Å². The summed E-state index contributed by atoms with van der Waals surface area (Å²) in [7, 11) is 1.65. The van der Waals surface area contributed by atoms with Crippen LogP contribution in [0.25, 0.3) is 0 Å². The molecule has 0 aliphatic carbocycles. The third-order valence-electron chi connectivity index (χ3n) is 4.80. The van der Waals surface area contributed by atoms with Crippen LogP contribution in [0.3, 0.4) is 0 Å². The molecule has 0 heterocycles. The van der Waals surface area contributed by atoms with Crippen molar-refractivity contribution in [3.63, 3.8) is 0 Å². The van der Waals surface area contributed by atoms with Gasteiger partial charge in [0.05, 0.1) is 25.7 Å². The topological polar surface area (TPSA) is 50.4 Å². The molecular weight excluding hydrogens is 384 g/mol. The summed E-state index contributed by atoms with van der Waals surface area (Å²) < 4.78 is 5.25. The maximum Gasteiger partial charge on any atom is 0.234 e. The first kappa shape index (κ1) is 20.9. The van der Waals surface area contributed by atoms with E-state index in [0.717, 1.165) is 22.4 Å². The van der Waals surface area contributed by atoms with Crippen LogP contribution in [-0.4, -0.2) is 19.6 Å². The van der Waals surface area contributed by atoms with Gasteiger partial charge >= 0.3 is 0 Å². The number of carbonyl (C=O) groups is 1. The Bertz CT molecular complexity index is 912. The number of methoxy groups -OCH3 is 1. The van der Waals surface area contributed by atoms with E-state index in [-0.39, 0.29) is 24.5 Å². The van der Waals surface area contributed by atoms with Gasteiger partial charge in [0.15, 0.2) is 0 Å². The van der Waals surface area contributed by atoms with Crippen molar-refractivity contribution in [2.45, 2.75) is 19.0 Å². The Kier molecular flexibility index (Phi) is 7.28. The third-order valence-corrected chi connectivity index (χ3v) is 5.05. The van der Waals surface area contributed by atoms with Crippen molar-refractivity contribution in [1.29, 1.82) is 0 Å². The number of amides is 1. The molecule has 1 amide bonds. The molecule has 4 nitrogen and oxygen atoms in total. The van der Waals surface area contributed by atoms with Crippen LogP contribution in [0.2, 0.25) is 5.02 Å². The smallest absolute Gasteiger partial charge is 0.234 e. The molecule has 29 heavy (non-hydrogen) atoms. The van der Waals surface area contributed by atoms with Gasteiger partial charge in [-0.3, -0.25) is 10.1 Å². The van der Waals surface area contributed by atoms with E-state index in [1.165, 1.54) is 0 Å². The fourth-order valence-electron chi connectivity index (χ4n) is 3.19. The van der Waals surface area contributed by atoms with Crippen molar-refractivity contribution in [3.05, 3.63) is 101 Å². The number of halogens is 1. The van der Waals surface area contributed by atoms with Gasteiger partial charge in [0.25, 0.3) is 0 Å². The Morgan fingerprint density at radius 3 is 2.10 bits per heavy atom. The van der Waals surface area contributed by atoms with Crippen molar-refractivity contribution >= 4 is 17.5 Å². The quantitative estimate of drug-likeness (QED) is 0.557. The molecule has 5 heteroatoms. The highest BCUT2D eigenvalue weighted by molar-refractivity contribution is 6.30. The van der Waals surface area contributed by atoms with E-state index in [1.54, 1.807) is 7.11 Å². The van der Waals surface area contributed by atoms with Crippen LogP contribution in [0, 0.1) is 0 Å². The second-order valence-electron chi connectivity index (χ2n) is 6.84. The predicted octanol–water partition coefficient (Wildman–Crippen LogP) is 4.91. The monoisotopic (exact) mass is 408 g/mol. The Balaban J connectivity index is 1.67. The van der Waals surface area contributed by atoms with Crippen molar-refractivity contribution in [2.24, 2.45) is 0 Å². The summed E-state index contributed by atoms with van der Waals surface area (Å²) in [6.45, 7) is 2.16. The summed E-state index contributed by atoms with van der Waals surface area (Å²) in [4.78, 5) is 12.5. The fourth-order valence-corrected chi connectivity index (χ4v) is 3.32. The molecule has 0 spiro atoms. The van der Waals surface area contributed by atoms with Gasteiger partial charge in [0.2, 0.25) is 5.91 Å². The molecule has 3 aromatic carbocycles. The summed E-state index contributed by atoms with van der Waals surface area (Å²) in [5, 5.41) is 7.09. The van der Waals surface area contributed by atoms with E-state index >= 15 is 0 Å². The molecule has 0 bridgehead atoms. The Morgan fingerprint density at radius 2 is 1.48 bits per heavy atom. The molecule has 2 atom stereocenters. The number of benzene rings is 3. The molecule has 0 aliphatic rings. The molecule has 3 rings (SSSR count). The molecule has 3 aromatic rings. The minimum atomic E-state index is -0.0993. The van der Waals surface area contributed by atoms with E-state index in [2.05, 4.69) is 22.8 Å². The van der Waals surface area contributed by atoms with Crippen molar-refractivity contribution in [1.82, 2.24) is 10.6 Å². The number of carbonyl (C=O) groups excluding carboxylic acids is 1. The van der Waals surface area contributed by atoms with E-state index in [4.69, 9.17) is 16.3 Å². The van der Waals surface area contributed by atoms with Crippen LogP contribution in [0.4, 0.5) is 0 Å². The van der Waals surface area contributed by atoms with E-state index < -0.39 is 0 Å².